The third kappa shape index (κ3) is 3.22. The van der Waals surface area contributed by atoms with Crippen molar-refractivity contribution in [3.63, 3.8) is 0 Å². The number of nitrogen functional groups attached to an aromatic ring is 1. The van der Waals surface area contributed by atoms with Crippen LogP contribution in [0.25, 0.3) is 0 Å². The zero-order valence-electron chi connectivity index (χ0n) is 10.6. The zero-order chi connectivity index (χ0) is 13.0. The van der Waals surface area contributed by atoms with E-state index in [1.807, 2.05) is 30.9 Å². The molecular weight excluding hydrogens is 280 g/mol. The number of carbonyl (C=O) groups excluding carboxylic acids is 1. The first kappa shape index (κ1) is 14.0. The van der Waals surface area contributed by atoms with E-state index < -0.39 is 0 Å². The van der Waals surface area contributed by atoms with Gasteiger partial charge in [0.15, 0.2) is 0 Å². The van der Waals surface area contributed by atoms with Crippen molar-refractivity contribution in [1.29, 1.82) is 0 Å². The molecule has 0 aliphatic rings. The highest BCUT2D eigenvalue weighted by Crippen LogP contribution is 2.24. The van der Waals surface area contributed by atoms with Crippen LogP contribution in [-0.2, 0) is 0 Å². The summed E-state index contributed by atoms with van der Waals surface area (Å²) in [5, 5.41) is 0. The molecule has 3 nitrogen and oxygen atoms in total. The van der Waals surface area contributed by atoms with E-state index in [1.54, 1.807) is 0 Å². The molecule has 0 unspecified atom stereocenters. The maximum atomic E-state index is 12.3. The Morgan fingerprint density at radius 1 is 1.41 bits per heavy atom. The number of anilines is 1. The first-order valence-electron chi connectivity index (χ1n) is 5.86. The van der Waals surface area contributed by atoms with E-state index in [0.29, 0.717) is 11.3 Å². The molecule has 0 radical (unpaired) electrons. The average Bonchev–Trinajstić information content (AvgIpc) is 2.29. The van der Waals surface area contributed by atoms with Crippen molar-refractivity contribution in [3.05, 3.63) is 27.7 Å². The Bertz CT molecular complexity index is 418. The molecule has 0 atom stereocenters. The number of nitrogens with zero attached hydrogens (tertiary/aromatic N) is 1. The van der Waals surface area contributed by atoms with Gasteiger partial charge < -0.3 is 10.6 Å². The highest BCUT2D eigenvalue weighted by molar-refractivity contribution is 9.10. The molecule has 0 saturated carbocycles. The molecule has 1 amide bonds. The molecular formula is C13H19BrN2O. The fraction of sp³-hybridized carbons (Fsp3) is 0.462. The Labute approximate surface area is 111 Å². The van der Waals surface area contributed by atoms with Crippen molar-refractivity contribution in [3.8, 4) is 0 Å². The van der Waals surface area contributed by atoms with Gasteiger partial charge in [-0.15, -0.1) is 0 Å². The predicted molar refractivity (Wildman–Crippen MR) is 75.2 cm³/mol. The van der Waals surface area contributed by atoms with Crippen LogP contribution < -0.4 is 5.73 Å². The maximum absolute atomic E-state index is 12.3. The van der Waals surface area contributed by atoms with Crippen molar-refractivity contribution in [2.75, 3.05) is 18.8 Å². The molecule has 94 valence electrons. The average molecular weight is 299 g/mol. The second-order valence-electron chi connectivity index (χ2n) is 4.05. The Hall–Kier alpha value is -1.03. The van der Waals surface area contributed by atoms with Gasteiger partial charge in [-0.25, -0.2) is 0 Å². The molecule has 1 rings (SSSR count). The van der Waals surface area contributed by atoms with Gasteiger partial charge in [0.1, 0.15) is 0 Å². The van der Waals surface area contributed by atoms with Crippen molar-refractivity contribution in [2.24, 2.45) is 0 Å². The summed E-state index contributed by atoms with van der Waals surface area (Å²) < 4.78 is 0.844. The first-order valence-corrected chi connectivity index (χ1v) is 6.65. The summed E-state index contributed by atoms with van der Waals surface area (Å²) in [6.07, 6.45) is 0.960. The quantitative estimate of drug-likeness (QED) is 0.868. The summed E-state index contributed by atoms with van der Waals surface area (Å²) in [6, 6.07) is 3.66. The lowest BCUT2D eigenvalue weighted by Gasteiger charge is -2.21. The number of carbonyl (C=O) groups is 1. The molecule has 17 heavy (non-hydrogen) atoms. The van der Waals surface area contributed by atoms with Gasteiger partial charge in [-0.1, -0.05) is 22.9 Å². The highest BCUT2D eigenvalue weighted by Gasteiger charge is 2.17. The number of hydrogen-bond donors (Lipinski definition) is 1. The number of benzene rings is 1. The SMILES string of the molecule is CCCN(CC)C(=O)c1cc(Br)cc(N)c1C. The van der Waals surface area contributed by atoms with Gasteiger partial charge in [0, 0.05) is 28.8 Å². The van der Waals surface area contributed by atoms with Crippen molar-refractivity contribution >= 4 is 27.5 Å². The van der Waals surface area contributed by atoms with Gasteiger partial charge in [-0.05, 0) is 38.0 Å². The molecule has 1 aromatic rings. The van der Waals surface area contributed by atoms with Crippen LogP contribution in [0.15, 0.2) is 16.6 Å². The summed E-state index contributed by atoms with van der Waals surface area (Å²) in [6.45, 7) is 7.44. The van der Waals surface area contributed by atoms with E-state index in [-0.39, 0.29) is 5.91 Å². The highest BCUT2D eigenvalue weighted by atomic mass is 79.9. The lowest BCUT2D eigenvalue weighted by molar-refractivity contribution is 0.0763. The van der Waals surface area contributed by atoms with Crippen LogP contribution in [0, 0.1) is 6.92 Å². The monoisotopic (exact) mass is 298 g/mol. The second kappa shape index (κ2) is 6.05. The van der Waals surface area contributed by atoms with Crippen LogP contribution in [-0.4, -0.2) is 23.9 Å². The third-order valence-electron chi connectivity index (χ3n) is 2.81. The Balaban J connectivity index is 3.10. The molecule has 0 aliphatic heterocycles. The van der Waals surface area contributed by atoms with E-state index in [4.69, 9.17) is 5.73 Å². The van der Waals surface area contributed by atoms with Crippen LogP contribution in [0.3, 0.4) is 0 Å². The van der Waals surface area contributed by atoms with Gasteiger partial charge in [-0.2, -0.15) is 0 Å². The fourth-order valence-electron chi connectivity index (χ4n) is 1.77. The summed E-state index contributed by atoms with van der Waals surface area (Å²) >= 11 is 3.37. The second-order valence-corrected chi connectivity index (χ2v) is 4.97. The van der Waals surface area contributed by atoms with E-state index >= 15 is 0 Å². The van der Waals surface area contributed by atoms with Gasteiger partial charge in [0.05, 0.1) is 0 Å². The van der Waals surface area contributed by atoms with Crippen LogP contribution in [0.5, 0.6) is 0 Å². The molecule has 2 N–H and O–H groups in total. The minimum Gasteiger partial charge on any atom is -0.398 e. The molecule has 0 aromatic heterocycles. The lowest BCUT2D eigenvalue weighted by Crippen LogP contribution is -2.32. The maximum Gasteiger partial charge on any atom is 0.254 e. The summed E-state index contributed by atoms with van der Waals surface area (Å²) in [5.41, 5.74) is 8.06. The standard InChI is InChI=1S/C13H19BrN2O/c1-4-6-16(5-2)13(17)11-7-10(14)8-12(15)9(11)3/h7-8H,4-6,15H2,1-3H3. The van der Waals surface area contributed by atoms with Crippen LogP contribution in [0.4, 0.5) is 5.69 Å². The normalized spacial score (nSPS) is 10.4. The number of nitrogens with two attached hydrogens (primary N) is 1. The van der Waals surface area contributed by atoms with Crippen LogP contribution in [0.1, 0.15) is 36.2 Å². The molecule has 0 spiro atoms. The van der Waals surface area contributed by atoms with Crippen molar-refractivity contribution < 1.29 is 4.79 Å². The fourth-order valence-corrected chi connectivity index (χ4v) is 2.24. The smallest absolute Gasteiger partial charge is 0.254 e. The lowest BCUT2D eigenvalue weighted by atomic mass is 10.1. The van der Waals surface area contributed by atoms with Gasteiger partial charge in [-0.3, -0.25) is 4.79 Å². The Kier molecular flexibility index (Phi) is 5.00. The predicted octanol–water partition coefficient (Wildman–Crippen LogP) is 3.21. The van der Waals surface area contributed by atoms with Gasteiger partial charge in [0.2, 0.25) is 0 Å². The first-order chi connectivity index (χ1) is 8.01. The van der Waals surface area contributed by atoms with Gasteiger partial charge >= 0.3 is 0 Å². The summed E-state index contributed by atoms with van der Waals surface area (Å²) in [5.74, 6) is 0.0554. The van der Waals surface area contributed by atoms with E-state index in [0.717, 1.165) is 29.5 Å². The largest absolute Gasteiger partial charge is 0.398 e. The molecule has 0 fully saturated rings. The molecule has 0 aliphatic carbocycles. The molecule has 0 heterocycles. The van der Waals surface area contributed by atoms with Gasteiger partial charge in [0.25, 0.3) is 5.91 Å². The molecule has 4 heteroatoms. The Morgan fingerprint density at radius 2 is 2.06 bits per heavy atom. The minimum absolute atomic E-state index is 0.0554. The van der Waals surface area contributed by atoms with Crippen molar-refractivity contribution in [2.45, 2.75) is 27.2 Å². The van der Waals surface area contributed by atoms with Crippen LogP contribution in [0.2, 0.25) is 0 Å². The molecule has 0 saturated heterocycles. The number of rotatable bonds is 4. The molecule has 1 aromatic carbocycles. The zero-order valence-corrected chi connectivity index (χ0v) is 12.2. The number of halogens is 1. The third-order valence-corrected chi connectivity index (χ3v) is 3.26. The van der Waals surface area contributed by atoms with Crippen LogP contribution >= 0.6 is 15.9 Å². The van der Waals surface area contributed by atoms with Crippen molar-refractivity contribution in [1.82, 2.24) is 4.90 Å². The summed E-state index contributed by atoms with van der Waals surface area (Å²) in [4.78, 5) is 14.2. The van der Waals surface area contributed by atoms with E-state index in [9.17, 15) is 4.79 Å². The van der Waals surface area contributed by atoms with E-state index in [1.165, 1.54) is 0 Å². The Morgan fingerprint density at radius 3 is 2.59 bits per heavy atom. The number of hydrogen-bond acceptors (Lipinski definition) is 2. The van der Waals surface area contributed by atoms with E-state index in [2.05, 4.69) is 22.9 Å². The minimum atomic E-state index is 0.0554. The number of amides is 1. The summed E-state index contributed by atoms with van der Waals surface area (Å²) in [7, 11) is 0. The topological polar surface area (TPSA) is 46.3 Å². The molecule has 0 bridgehead atoms.